The first kappa shape index (κ1) is 31.4. The molecule has 39 heavy (non-hydrogen) atoms. The van der Waals surface area contributed by atoms with Gasteiger partial charge in [0.25, 0.3) is 0 Å². The monoisotopic (exact) mass is 540 g/mol. The fourth-order valence-corrected chi connectivity index (χ4v) is 6.22. The van der Waals surface area contributed by atoms with E-state index in [0.717, 1.165) is 18.4 Å². The van der Waals surface area contributed by atoms with Crippen molar-refractivity contribution in [3.8, 4) is 0 Å². The van der Waals surface area contributed by atoms with Gasteiger partial charge in [-0.15, -0.1) is 0 Å². The smallest absolute Gasteiger partial charge is 0.331 e. The summed E-state index contributed by atoms with van der Waals surface area (Å²) in [4.78, 5) is 25.7. The Morgan fingerprint density at radius 1 is 0.923 bits per heavy atom. The van der Waals surface area contributed by atoms with Gasteiger partial charge in [0.1, 0.15) is 6.10 Å². The fourth-order valence-electron chi connectivity index (χ4n) is 6.22. The van der Waals surface area contributed by atoms with Gasteiger partial charge in [0.2, 0.25) is 0 Å². The van der Waals surface area contributed by atoms with E-state index in [4.69, 9.17) is 9.47 Å². The standard InChI is InChI=1S/C34H52O5/c1-32(2,3)23-34(7,33(4,5)6)31(37)38-22-25-15-19-29(28(35)21-25)39-30(36)20-16-24-13-17-27(18-14-24)26-11-9-8-10-12-26/h13-14,16-18,20,25-26,28-29,35H,8-12,15,19,21-23H2,1-7H3/b20-16+. The molecule has 5 nitrogen and oxygen atoms in total. The quantitative estimate of drug-likeness (QED) is 0.268. The molecule has 0 heterocycles. The highest BCUT2D eigenvalue weighted by Gasteiger charge is 2.48. The van der Waals surface area contributed by atoms with Crippen molar-refractivity contribution in [2.45, 2.75) is 124 Å². The predicted molar refractivity (Wildman–Crippen MR) is 157 cm³/mol. The van der Waals surface area contributed by atoms with Gasteiger partial charge in [-0.3, -0.25) is 4.79 Å². The van der Waals surface area contributed by atoms with Crippen molar-refractivity contribution in [2.24, 2.45) is 22.2 Å². The summed E-state index contributed by atoms with van der Waals surface area (Å²) >= 11 is 0. The van der Waals surface area contributed by atoms with Crippen LogP contribution in [0.5, 0.6) is 0 Å². The third kappa shape index (κ3) is 8.93. The Kier molecular flexibility index (Phi) is 10.5. The molecule has 0 radical (unpaired) electrons. The Balaban J connectivity index is 1.46. The number of carbonyl (C=O) groups is 2. The second kappa shape index (κ2) is 13.0. The summed E-state index contributed by atoms with van der Waals surface area (Å²) in [7, 11) is 0. The molecule has 0 aliphatic heterocycles. The average Bonchev–Trinajstić information content (AvgIpc) is 2.86. The SMILES string of the molecule is CC(C)(C)CC(C)(C(=O)OCC1CCC(OC(=O)/C=C/c2ccc(C3CCCCC3)cc2)C(O)C1)C(C)(C)C. The third-order valence-corrected chi connectivity index (χ3v) is 9.00. The van der Waals surface area contributed by atoms with Crippen molar-refractivity contribution >= 4 is 18.0 Å². The summed E-state index contributed by atoms with van der Waals surface area (Å²) in [6, 6.07) is 8.46. The summed E-state index contributed by atoms with van der Waals surface area (Å²) in [6.07, 6.45) is 10.9. The van der Waals surface area contributed by atoms with Crippen LogP contribution in [0.25, 0.3) is 6.08 Å². The Labute approximate surface area is 236 Å². The van der Waals surface area contributed by atoms with E-state index in [1.165, 1.54) is 43.7 Å². The summed E-state index contributed by atoms with van der Waals surface area (Å²) < 4.78 is 11.4. The molecule has 1 N–H and O–H groups in total. The lowest BCUT2D eigenvalue weighted by molar-refractivity contribution is -0.168. The van der Waals surface area contributed by atoms with Crippen molar-refractivity contribution in [2.75, 3.05) is 6.61 Å². The minimum Gasteiger partial charge on any atom is -0.465 e. The summed E-state index contributed by atoms with van der Waals surface area (Å²) in [5.41, 5.74) is 1.49. The third-order valence-electron chi connectivity index (χ3n) is 9.00. The second-order valence-electron chi connectivity index (χ2n) is 14.5. The van der Waals surface area contributed by atoms with Crippen LogP contribution in [0.3, 0.4) is 0 Å². The van der Waals surface area contributed by atoms with E-state index in [-0.39, 0.29) is 29.3 Å². The number of esters is 2. The first-order valence-electron chi connectivity index (χ1n) is 15.0. The number of benzene rings is 1. The number of rotatable bonds is 8. The highest BCUT2D eigenvalue weighted by molar-refractivity contribution is 5.87. The van der Waals surface area contributed by atoms with Gasteiger partial charge in [-0.25, -0.2) is 4.79 Å². The minimum absolute atomic E-state index is 0.00792. The molecule has 0 spiro atoms. The van der Waals surface area contributed by atoms with Crippen molar-refractivity contribution in [3.63, 3.8) is 0 Å². The molecule has 5 heteroatoms. The van der Waals surface area contributed by atoms with Gasteiger partial charge < -0.3 is 14.6 Å². The molecule has 0 saturated heterocycles. The molecular weight excluding hydrogens is 488 g/mol. The van der Waals surface area contributed by atoms with E-state index in [0.29, 0.717) is 18.8 Å². The lowest BCUT2D eigenvalue weighted by Crippen LogP contribution is -2.45. The number of hydrogen-bond acceptors (Lipinski definition) is 5. The van der Waals surface area contributed by atoms with E-state index in [1.54, 1.807) is 6.08 Å². The molecule has 1 aromatic rings. The van der Waals surface area contributed by atoms with Crippen molar-refractivity contribution in [1.82, 2.24) is 0 Å². The number of carbonyl (C=O) groups excluding carboxylic acids is 2. The van der Waals surface area contributed by atoms with Gasteiger partial charge in [-0.2, -0.15) is 0 Å². The Morgan fingerprint density at radius 3 is 2.13 bits per heavy atom. The maximum atomic E-state index is 13.2. The first-order valence-corrected chi connectivity index (χ1v) is 15.0. The first-order chi connectivity index (χ1) is 18.2. The van der Waals surface area contributed by atoms with Crippen LogP contribution in [0.2, 0.25) is 0 Å². The van der Waals surface area contributed by atoms with Crippen LogP contribution in [0.15, 0.2) is 30.3 Å². The lowest BCUT2D eigenvalue weighted by atomic mass is 9.61. The van der Waals surface area contributed by atoms with Crippen LogP contribution < -0.4 is 0 Å². The highest BCUT2D eigenvalue weighted by Crippen LogP contribution is 2.47. The molecule has 3 rings (SSSR count). The molecule has 2 aliphatic carbocycles. The largest absolute Gasteiger partial charge is 0.465 e. The normalized spacial score (nSPS) is 24.8. The molecule has 0 aromatic heterocycles. The average molecular weight is 541 g/mol. The molecule has 2 aliphatic rings. The summed E-state index contributed by atoms with van der Waals surface area (Å²) in [5, 5.41) is 10.7. The molecule has 4 atom stereocenters. The highest BCUT2D eigenvalue weighted by atomic mass is 16.6. The van der Waals surface area contributed by atoms with E-state index in [9.17, 15) is 14.7 Å². The Morgan fingerprint density at radius 2 is 1.56 bits per heavy atom. The van der Waals surface area contributed by atoms with Crippen LogP contribution in [-0.4, -0.2) is 35.9 Å². The minimum atomic E-state index is -0.766. The van der Waals surface area contributed by atoms with Gasteiger partial charge in [0.05, 0.1) is 18.1 Å². The van der Waals surface area contributed by atoms with Gasteiger partial charge in [-0.05, 0) is 85.3 Å². The molecule has 0 bridgehead atoms. The second-order valence-corrected chi connectivity index (χ2v) is 14.5. The van der Waals surface area contributed by atoms with Crippen molar-refractivity contribution in [1.29, 1.82) is 0 Å². The fraction of sp³-hybridized carbons (Fsp3) is 0.706. The molecule has 218 valence electrons. The predicted octanol–water partition coefficient (Wildman–Crippen LogP) is 7.85. The Hall–Kier alpha value is -2.14. The Bertz CT molecular complexity index is 974. The molecule has 2 fully saturated rings. The molecule has 1 aromatic carbocycles. The van der Waals surface area contributed by atoms with Crippen LogP contribution in [0.1, 0.15) is 123 Å². The van der Waals surface area contributed by atoms with E-state index < -0.39 is 23.6 Å². The van der Waals surface area contributed by atoms with Crippen molar-refractivity contribution in [3.05, 3.63) is 41.5 Å². The van der Waals surface area contributed by atoms with Gasteiger partial charge >= 0.3 is 11.9 Å². The topological polar surface area (TPSA) is 72.8 Å². The van der Waals surface area contributed by atoms with E-state index in [1.807, 2.05) is 6.92 Å². The molecule has 0 amide bonds. The van der Waals surface area contributed by atoms with Crippen LogP contribution in [0.4, 0.5) is 0 Å². The zero-order valence-electron chi connectivity index (χ0n) is 25.4. The van der Waals surface area contributed by atoms with E-state index in [2.05, 4.69) is 65.8 Å². The van der Waals surface area contributed by atoms with Crippen LogP contribution >= 0.6 is 0 Å². The zero-order valence-corrected chi connectivity index (χ0v) is 25.4. The van der Waals surface area contributed by atoms with Gasteiger partial charge in [0.15, 0.2) is 0 Å². The molecule has 4 unspecified atom stereocenters. The van der Waals surface area contributed by atoms with Gasteiger partial charge in [0, 0.05) is 6.08 Å². The van der Waals surface area contributed by atoms with E-state index >= 15 is 0 Å². The number of aliphatic hydroxyl groups excluding tert-OH is 1. The lowest BCUT2D eigenvalue weighted by Gasteiger charge is -2.43. The number of ether oxygens (including phenoxy) is 2. The number of aliphatic hydroxyl groups is 1. The maximum absolute atomic E-state index is 13.2. The van der Waals surface area contributed by atoms with Crippen LogP contribution in [0, 0.1) is 22.2 Å². The maximum Gasteiger partial charge on any atom is 0.331 e. The molecular formula is C34H52O5. The van der Waals surface area contributed by atoms with Crippen LogP contribution in [-0.2, 0) is 19.1 Å². The van der Waals surface area contributed by atoms with Crippen molar-refractivity contribution < 1.29 is 24.2 Å². The summed E-state index contributed by atoms with van der Waals surface area (Å²) in [6.45, 7) is 15.0. The zero-order chi connectivity index (χ0) is 28.8. The van der Waals surface area contributed by atoms with Gasteiger partial charge in [-0.1, -0.05) is 85.1 Å². The molecule has 2 saturated carbocycles. The summed E-state index contributed by atoms with van der Waals surface area (Å²) in [5.74, 6) is 0.0950. The number of hydrogen-bond donors (Lipinski definition) is 1.